The van der Waals surface area contributed by atoms with Crippen LogP contribution in [0.1, 0.15) is 73.5 Å². The molecule has 0 spiro atoms. The zero-order valence-electron chi connectivity index (χ0n) is 21.6. The number of fused-ring (bicyclic) bond motifs is 1. The molecule has 2 fully saturated rings. The van der Waals surface area contributed by atoms with E-state index in [1.54, 1.807) is 6.33 Å². The first-order valence-corrected chi connectivity index (χ1v) is 15.9. The van der Waals surface area contributed by atoms with Gasteiger partial charge in [-0.3, -0.25) is 4.57 Å². The minimum Gasteiger partial charge on any atom is -0.460 e. The molecule has 8 nitrogen and oxygen atoms in total. The minimum absolute atomic E-state index is 0.0969. The molecule has 0 unspecified atom stereocenters. The van der Waals surface area contributed by atoms with Gasteiger partial charge in [0, 0.05) is 0 Å². The summed E-state index contributed by atoms with van der Waals surface area (Å²) in [5, 5.41) is 0. The van der Waals surface area contributed by atoms with Crippen LogP contribution in [0.3, 0.4) is 0 Å². The standard InChI is InChI=1S/C24H39BrFN5O3Si/c1-13(2)35(14(3)4,15(5)6)34-20-18(25)17(11-26)33-23(20)31-12-28-19-21(27)29-24(30-22(19)31)32-16-9-7-8-10-16/h12-18,20,23H,7-11H2,1-6H3,(H2,27,29,30)/t17-,18+,20-,23+/m0/s1. The summed E-state index contributed by atoms with van der Waals surface area (Å²) in [6.07, 6.45) is 4.31. The lowest BCUT2D eigenvalue weighted by Gasteiger charge is -2.45. The number of ether oxygens (including phenoxy) is 2. The summed E-state index contributed by atoms with van der Waals surface area (Å²) in [4.78, 5) is 13.2. The Kier molecular flexibility index (Phi) is 8.09. The molecule has 2 N–H and O–H groups in total. The molecule has 3 heterocycles. The number of alkyl halides is 2. The Hall–Kier alpha value is -1.30. The zero-order chi connectivity index (χ0) is 25.5. The van der Waals surface area contributed by atoms with Gasteiger partial charge in [0.25, 0.3) is 0 Å². The summed E-state index contributed by atoms with van der Waals surface area (Å²) in [6, 6.07) is 0.242. The Morgan fingerprint density at radius 2 is 1.77 bits per heavy atom. The predicted molar refractivity (Wildman–Crippen MR) is 141 cm³/mol. The fourth-order valence-electron chi connectivity index (χ4n) is 6.12. The van der Waals surface area contributed by atoms with Gasteiger partial charge in [-0.25, -0.2) is 9.37 Å². The van der Waals surface area contributed by atoms with Gasteiger partial charge in [0.15, 0.2) is 23.2 Å². The van der Waals surface area contributed by atoms with Crippen LogP contribution in [-0.4, -0.2) is 57.7 Å². The van der Waals surface area contributed by atoms with Crippen LogP contribution in [0.5, 0.6) is 6.01 Å². The average Bonchev–Trinajstić information content (AvgIpc) is 3.51. The maximum Gasteiger partial charge on any atom is 0.320 e. The third kappa shape index (κ3) is 4.85. The maximum absolute atomic E-state index is 14.0. The van der Waals surface area contributed by atoms with E-state index in [1.165, 1.54) is 0 Å². The minimum atomic E-state index is -2.29. The lowest BCUT2D eigenvalue weighted by atomic mass is 10.2. The van der Waals surface area contributed by atoms with Crippen molar-refractivity contribution in [2.45, 2.75) is 113 Å². The summed E-state index contributed by atoms with van der Waals surface area (Å²) in [5.41, 5.74) is 8.33. The van der Waals surface area contributed by atoms with Gasteiger partial charge in [-0.05, 0) is 42.3 Å². The highest BCUT2D eigenvalue weighted by Gasteiger charge is 2.53. The summed E-state index contributed by atoms with van der Waals surface area (Å²) in [7, 11) is -2.29. The Balaban J connectivity index is 1.74. The number of aromatic nitrogens is 4. The highest BCUT2D eigenvalue weighted by molar-refractivity contribution is 9.09. The van der Waals surface area contributed by atoms with Crippen molar-refractivity contribution in [3.63, 3.8) is 0 Å². The number of nitrogens with two attached hydrogens (primary N) is 1. The van der Waals surface area contributed by atoms with Gasteiger partial charge in [-0.1, -0.05) is 57.5 Å². The highest BCUT2D eigenvalue weighted by Crippen LogP contribution is 2.48. The van der Waals surface area contributed by atoms with Crippen molar-refractivity contribution in [3.05, 3.63) is 6.33 Å². The Bertz CT molecular complexity index is 995. The lowest BCUT2D eigenvalue weighted by Crippen LogP contribution is -2.52. The van der Waals surface area contributed by atoms with Crippen molar-refractivity contribution < 1.29 is 18.3 Å². The number of nitrogen functional groups attached to an aromatic ring is 1. The normalized spacial score (nSPS) is 26.1. The molecule has 0 aromatic carbocycles. The molecule has 2 aromatic heterocycles. The lowest BCUT2D eigenvalue weighted by molar-refractivity contribution is -0.0379. The van der Waals surface area contributed by atoms with Crippen LogP contribution in [0, 0.1) is 0 Å². The predicted octanol–water partition coefficient (Wildman–Crippen LogP) is 5.92. The summed E-state index contributed by atoms with van der Waals surface area (Å²) < 4.78 is 35.2. The van der Waals surface area contributed by atoms with E-state index in [0.717, 1.165) is 25.7 Å². The van der Waals surface area contributed by atoms with Gasteiger partial charge < -0.3 is 19.6 Å². The van der Waals surface area contributed by atoms with Crippen LogP contribution in [0.15, 0.2) is 6.33 Å². The third-order valence-electron chi connectivity index (χ3n) is 7.74. The van der Waals surface area contributed by atoms with Crippen LogP contribution in [0.25, 0.3) is 11.2 Å². The summed E-state index contributed by atoms with van der Waals surface area (Å²) >= 11 is 3.73. The molecular weight excluding hydrogens is 533 g/mol. The van der Waals surface area contributed by atoms with Gasteiger partial charge in [0.2, 0.25) is 8.32 Å². The molecule has 1 saturated heterocycles. The van der Waals surface area contributed by atoms with Crippen LogP contribution in [0.2, 0.25) is 16.6 Å². The summed E-state index contributed by atoms with van der Waals surface area (Å²) in [6.45, 7) is 12.8. The molecule has 2 aliphatic rings. The first-order chi connectivity index (χ1) is 16.6. The fourth-order valence-corrected chi connectivity index (χ4v) is 12.5. The molecule has 4 rings (SSSR count). The van der Waals surface area contributed by atoms with Gasteiger partial charge in [0.05, 0.1) is 11.2 Å². The van der Waals surface area contributed by atoms with Crippen molar-refractivity contribution >= 4 is 41.2 Å². The molecule has 196 valence electrons. The van der Waals surface area contributed by atoms with Crippen molar-refractivity contribution in [2.75, 3.05) is 12.4 Å². The topological polar surface area (TPSA) is 97.3 Å². The average molecular weight is 573 g/mol. The van der Waals surface area contributed by atoms with E-state index in [9.17, 15) is 4.39 Å². The van der Waals surface area contributed by atoms with Gasteiger partial charge in [0.1, 0.15) is 25.0 Å². The van der Waals surface area contributed by atoms with Crippen molar-refractivity contribution in [2.24, 2.45) is 0 Å². The van der Waals surface area contributed by atoms with Gasteiger partial charge in [-0.15, -0.1) is 0 Å². The number of rotatable bonds is 9. The number of nitrogens with zero attached hydrogens (tertiary/aromatic N) is 4. The molecular formula is C24H39BrFN5O3Si. The number of hydrogen-bond donors (Lipinski definition) is 1. The van der Waals surface area contributed by atoms with E-state index in [2.05, 4.69) is 72.4 Å². The van der Waals surface area contributed by atoms with Crippen molar-refractivity contribution in [1.82, 2.24) is 19.5 Å². The third-order valence-corrected chi connectivity index (χ3v) is 14.9. The molecule has 35 heavy (non-hydrogen) atoms. The van der Waals surface area contributed by atoms with Gasteiger partial charge in [-0.2, -0.15) is 9.97 Å². The SMILES string of the molecule is CC(C)[Si](O[C@H]1[C@H](Br)[C@H](CF)O[C@H]1n1cnc2c(N)nc(OC3CCCC3)nc21)(C(C)C)C(C)C. The Labute approximate surface area is 216 Å². The molecule has 4 atom stereocenters. The van der Waals surface area contributed by atoms with Crippen LogP contribution >= 0.6 is 15.9 Å². The molecule has 1 aliphatic heterocycles. The molecule has 2 aromatic rings. The van der Waals surface area contributed by atoms with E-state index in [4.69, 9.17) is 19.6 Å². The molecule has 1 saturated carbocycles. The van der Waals surface area contributed by atoms with E-state index >= 15 is 0 Å². The number of anilines is 1. The smallest absolute Gasteiger partial charge is 0.320 e. The van der Waals surface area contributed by atoms with Crippen LogP contribution < -0.4 is 10.5 Å². The van der Waals surface area contributed by atoms with Crippen LogP contribution in [0.4, 0.5) is 10.2 Å². The molecule has 1 aliphatic carbocycles. The quantitative estimate of drug-likeness (QED) is 0.294. The number of halogens is 2. The highest BCUT2D eigenvalue weighted by atomic mass is 79.9. The van der Waals surface area contributed by atoms with E-state index < -0.39 is 33.4 Å². The molecule has 0 radical (unpaired) electrons. The first kappa shape index (κ1) is 26.8. The largest absolute Gasteiger partial charge is 0.460 e. The van der Waals surface area contributed by atoms with Crippen molar-refractivity contribution in [1.29, 1.82) is 0 Å². The second-order valence-electron chi connectivity index (χ2n) is 10.8. The zero-order valence-corrected chi connectivity index (χ0v) is 24.2. The molecule has 0 amide bonds. The van der Waals surface area contributed by atoms with E-state index in [-0.39, 0.29) is 22.8 Å². The fraction of sp³-hybridized carbons (Fsp3) is 0.792. The second kappa shape index (κ2) is 10.6. The van der Waals surface area contributed by atoms with Gasteiger partial charge >= 0.3 is 6.01 Å². The monoisotopic (exact) mass is 571 g/mol. The second-order valence-corrected chi connectivity index (χ2v) is 17.3. The van der Waals surface area contributed by atoms with E-state index in [0.29, 0.717) is 27.8 Å². The number of imidazole rings is 1. The number of hydrogen-bond acceptors (Lipinski definition) is 7. The van der Waals surface area contributed by atoms with Crippen LogP contribution in [-0.2, 0) is 9.16 Å². The first-order valence-electron chi connectivity index (χ1n) is 12.8. The Morgan fingerprint density at radius 3 is 2.34 bits per heavy atom. The van der Waals surface area contributed by atoms with E-state index in [1.807, 2.05) is 4.57 Å². The Morgan fingerprint density at radius 1 is 1.14 bits per heavy atom. The molecule has 11 heteroatoms. The molecule has 0 bridgehead atoms. The summed E-state index contributed by atoms with van der Waals surface area (Å²) in [5.74, 6) is 0.255. The maximum atomic E-state index is 14.0. The van der Waals surface area contributed by atoms with Crippen molar-refractivity contribution in [3.8, 4) is 6.01 Å².